The van der Waals surface area contributed by atoms with Crippen LogP contribution in [0.3, 0.4) is 0 Å². The van der Waals surface area contributed by atoms with Crippen LogP contribution in [-0.4, -0.2) is 29.2 Å². The third kappa shape index (κ3) is 4.80. The highest BCUT2D eigenvalue weighted by Gasteiger charge is 2.37. The molecule has 1 aromatic carbocycles. The highest BCUT2D eigenvalue weighted by Crippen LogP contribution is 2.35. The van der Waals surface area contributed by atoms with Crippen molar-refractivity contribution in [1.82, 2.24) is 5.32 Å². The number of allylic oxidation sites excluding steroid dienone is 1. The molecule has 2 aliphatic rings. The van der Waals surface area contributed by atoms with Gasteiger partial charge in [-0.25, -0.2) is 4.79 Å². The molecule has 0 aromatic heterocycles. The second kappa shape index (κ2) is 7.78. The highest BCUT2D eigenvalue weighted by atomic mass is 16.7. The average molecular weight is 384 g/mol. The van der Waals surface area contributed by atoms with Gasteiger partial charge in [0.1, 0.15) is 0 Å². The van der Waals surface area contributed by atoms with E-state index in [4.69, 9.17) is 9.57 Å². The van der Waals surface area contributed by atoms with E-state index in [1.807, 2.05) is 30.3 Å². The van der Waals surface area contributed by atoms with Gasteiger partial charge in [0, 0.05) is 17.7 Å². The fourth-order valence-corrected chi connectivity index (χ4v) is 3.42. The SMILES string of the molecule is CC1(C)CCC(NC(=O)O/N=C(/C2=CC(=O)C(C)(C)O2)c2ccccc2)CC1. The molecule has 1 fully saturated rings. The summed E-state index contributed by atoms with van der Waals surface area (Å²) in [5.41, 5.74) is 0.389. The highest BCUT2D eigenvalue weighted by molar-refractivity contribution is 6.16. The first-order valence-corrected chi connectivity index (χ1v) is 9.73. The summed E-state index contributed by atoms with van der Waals surface area (Å²) in [5.74, 6) is 0.147. The molecule has 1 N–H and O–H groups in total. The Morgan fingerprint density at radius 3 is 2.36 bits per heavy atom. The lowest BCUT2D eigenvalue weighted by Gasteiger charge is -2.34. The fraction of sp³-hybridized carbons (Fsp3) is 0.500. The van der Waals surface area contributed by atoms with E-state index in [2.05, 4.69) is 24.3 Å². The fourth-order valence-electron chi connectivity index (χ4n) is 3.42. The second-order valence-corrected chi connectivity index (χ2v) is 8.75. The van der Waals surface area contributed by atoms with Crippen molar-refractivity contribution in [3.05, 3.63) is 47.7 Å². The number of amides is 1. The van der Waals surface area contributed by atoms with Crippen molar-refractivity contribution in [1.29, 1.82) is 0 Å². The molecule has 1 amide bonds. The van der Waals surface area contributed by atoms with Crippen LogP contribution >= 0.6 is 0 Å². The molecule has 0 atom stereocenters. The third-order valence-electron chi connectivity index (χ3n) is 5.38. The standard InChI is InChI=1S/C22H28N2O4/c1-21(2)12-10-16(11-13-21)23-20(26)28-24-19(15-8-6-5-7-9-15)17-14-18(25)22(3,4)27-17/h5-9,14,16H,10-13H2,1-4H3,(H,23,26)/b24-19+. The smallest absolute Gasteiger partial charge is 0.433 e. The molecule has 1 heterocycles. The van der Waals surface area contributed by atoms with Crippen LogP contribution in [0.1, 0.15) is 58.9 Å². The normalized spacial score (nSPS) is 21.6. The van der Waals surface area contributed by atoms with Crippen LogP contribution in [0.15, 0.2) is 47.3 Å². The topological polar surface area (TPSA) is 77.0 Å². The quantitative estimate of drug-likeness (QED) is 0.476. The molecule has 0 bridgehead atoms. The number of hydrogen-bond acceptors (Lipinski definition) is 5. The van der Waals surface area contributed by atoms with Crippen LogP contribution < -0.4 is 5.32 Å². The number of nitrogens with zero attached hydrogens (tertiary/aromatic N) is 1. The molecule has 0 unspecified atom stereocenters. The van der Waals surface area contributed by atoms with Crippen molar-refractivity contribution in [3.63, 3.8) is 0 Å². The van der Waals surface area contributed by atoms with E-state index in [-0.39, 0.29) is 11.8 Å². The summed E-state index contributed by atoms with van der Waals surface area (Å²) in [7, 11) is 0. The molecule has 1 aromatic rings. The zero-order chi connectivity index (χ0) is 20.4. The van der Waals surface area contributed by atoms with Gasteiger partial charge < -0.3 is 10.1 Å². The number of benzene rings is 1. The predicted molar refractivity (Wildman–Crippen MR) is 107 cm³/mol. The summed E-state index contributed by atoms with van der Waals surface area (Å²) in [6.07, 6.45) is 4.78. The Kier molecular flexibility index (Phi) is 5.59. The van der Waals surface area contributed by atoms with E-state index in [1.54, 1.807) is 13.8 Å². The van der Waals surface area contributed by atoms with E-state index < -0.39 is 11.7 Å². The summed E-state index contributed by atoms with van der Waals surface area (Å²) in [6, 6.07) is 9.30. The molecule has 1 saturated carbocycles. The molecule has 0 saturated heterocycles. The van der Waals surface area contributed by atoms with Crippen LogP contribution in [0.5, 0.6) is 0 Å². The minimum Gasteiger partial charge on any atom is -0.477 e. The van der Waals surface area contributed by atoms with Crippen LogP contribution in [0, 0.1) is 5.41 Å². The van der Waals surface area contributed by atoms with Gasteiger partial charge in [0.15, 0.2) is 17.1 Å². The summed E-state index contributed by atoms with van der Waals surface area (Å²) in [6.45, 7) is 7.88. The number of ether oxygens (including phenoxy) is 1. The van der Waals surface area contributed by atoms with Crippen molar-refractivity contribution < 1.29 is 19.2 Å². The van der Waals surface area contributed by atoms with Gasteiger partial charge >= 0.3 is 6.09 Å². The average Bonchev–Trinajstić information content (AvgIpc) is 2.90. The number of hydrogen-bond donors (Lipinski definition) is 1. The molecule has 28 heavy (non-hydrogen) atoms. The summed E-state index contributed by atoms with van der Waals surface area (Å²) in [5, 5.41) is 6.91. The minimum atomic E-state index is -0.956. The maximum atomic E-state index is 12.2. The second-order valence-electron chi connectivity index (χ2n) is 8.75. The number of nitrogens with one attached hydrogen (secondary N) is 1. The predicted octanol–water partition coefficient (Wildman–Crippen LogP) is 4.35. The van der Waals surface area contributed by atoms with Gasteiger partial charge in [-0.3, -0.25) is 9.63 Å². The van der Waals surface area contributed by atoms with Gasteiger partial charge in [-0.2, -0.15) is 0 Å². The Hall–Kier alpha value is -2.63. The van der Waals surface area contributed by atoms with E-state index in [1.165, 1.54) is 6.08 Å². The summed E-state index contributed by atoms with van der Waals surface area (Å²) < 4.78 is 5.75. The lowest BCUT2D eigenvalue weighted by atomic mass is 9.76. The molecule has 0 spiro atoms. The number of carbonyl (C=O) groups is 2. The van der Waals surface area contributed by atoms with Gasteiger partial charge in [0.2, 0.25) is 5.78 Å². The van der Waals surface area contributed by atoms with E-state index in [0.717, 1.165) is 25.7 Å². The zero-order valence-electron chi connectivity index (χ0n) is 17.0. The Balaban J connectivity index is 1.71. The zero-order valence-corrected chi connectivity index (χ0v) is 17.0. The minimum absolute atomic E-state index is 0.0957. The molecular weight excluding hydrogens is 356 g/mol. The first-order valence-electron chi connectivity index (χ1n) is 9.73. The first-order chi connectivity index (χ1) is 13.2. The third-order valence-corrected chi connectivity index (χ3v) is 5.38. The number of ketones is 1. The molecule has 6 nitrogen and oxygen atoms in total. The van der Waals surface area contributed by atoms with Crippen LogP contribution in [0.2, 0.25) is 0 Å². The van der Waals surface area contributed by atoms with E-state index >= 15 is 0 Å². The molecule has 1 aliphatic carbocycles. The Labute approximate surface area is 166 Å². The van der Waals surface area contributed by atoms with Gasteiger partial charge in [0.25, 0.3) is 0 Å². The van der Waals surface area contributed by atoms with Gasteiger partial charge in [-0.15, -0.1) is 0 Å². The Morgan fingerprint density at radius 2 is 1.79 bits per heavy atom. The van der Waals surface area contributed by atoms with Gasteiger partial charge in [-0.1, -0.05) is 49.3 Å². The molecule has 150 valence electrons. The van der Waals surface area contributed by atoms with Gasteiger partial charge in [0.05, 0.1) is 0 Å². The molecule has 6 heteroatoms. The maximum Gasteiger partial charge on any atom is 0.433 e. The van der Waals surface area contributed by atoms with Crippen LogP contribution in [-0.2, 0) is 14.4 Å². The molecule has 0 radical (unpaired) electrons. The molecule has 3 rings (SSSR count). The van der Waals surface area contributed by atoms with Crippen LogP contribution in [0.4, 0.5) is 4.79 Å². The molecule has 1 aliphatic heterocycles. The van der Waals surface area contributed by atoms with Crippen molar-refractivity contribution in [2.45, 2.75) is 65.0 Å². The Bertz CT molecular complexity index is 799. The van der Waals surface area contributed by atoms with Crippen molar-refractivity contribution >= 4 is 17.6 Å². The van der Waals surface area contributed by atoms with E-state index in [0.29, 0.717) is 22.4 Å². The van der Waals surface area contributed by atoms with E-state index in [9.17, 15) is 9.59 Å². The van der Waals surface area contributed by atoms with Crippen molar-refractivity contribution in [3.8, 4) is 0 Å². The number of carbonyl (C=O) groups excluding carboxylic acids is 2. The van der Waals surface area contributed by atoms with Crippen LogP contribution in [0.25, 0.3) is 0 Å². The largest absolute Gasteiger partial charge is 0.477 e. The van der Waals surface area contributed by atoms with Crippen molar-refractivity contribution in [2.75, 3.05) is 0 Å². The lowest BCUT2D eigenvalue weighted by molar-refractivity contribution is -0.126. The Morgan fingerprint density at radius 1 is 1.14 bits per heavy atom. The lowest BCUT2D eigenvalue weighted by Crippen LogP contribution is -2.39. The number of rotatable bonds is 4. The monoisotopic (exact) mass is 384 g/mol. The molecular formula is C22H28N2O4. The first kappa shape index (κ1) is 20.1. The number of oxime groups is 1. The van der Waals surface area contributed by atoms with Gasteiger partial charge in [-0.05, 0) is 44.9 Å². The maximum absolute atomic E-state index is 12.2. The summed E-state index contributed by atoms with van der Waals surface area (Å²) >= 11 is 0. The van der Waals surface area contributed by atoms with Crippen molar-refractivity contribution in [2.24, 2.45) is 10.6 Å². The summed E-state index contributed by atoms with van der Waals surface area (Å²) in [4.78, 5) is 29.5.